The summed E-state index contributed by atoms with van der Waals surface area (Å²) in [5.41, 5.74) is 1.01. The third-order valence-corrected chi connectivity index (χ3v) is 3.38. The van der Waals surface area contributed by atoms with Gasteiger partial charge in [-0.25, -0.2) is 9.37 Å². The molecule has 5 nitrogen and oxygen atoms in total. The first-order valence-electron chi connectivity index (χ1n) is 7.46. The highest BCUT2D eigenvalue weighted by Gasteiger charge is 2.06. The van der Waals surface area contributed by atoms with E-state index in [-0.39, 0.29) is 11.7 Å². The van der Waals surface area contributed by atoms with E-state index < -0.39 is 0 Å². The molecule has 0 fully saturated rings. The number of ether oxygens (including phenoxy) is 1. The molecule has 24 heavy (non-hydrogen) atoms. The van der Waals surface area contributed by atoms with E-state index in [0.29, 0.717) is 30.2 Å². The fourth-order valence-electron chi connectivity index (χ4n) is 2.16. The molecular formula is C18H16FN3O2. The maximum Gasteiger partial charge on any atom is 0.255 e. The maximum absolute atomic E-state index is 12.9. The van der Waals surface area contributed by atoms with Crippen molar-refractivity contribution in [3.63, 3.8) is 0 Å². The van der Waals surface area contributed by atoms with Crippen molar-refractivity contribution in [2.24, 2.45) is 0 Å². The predicted octanol–water partition coefficient (Wildman–Crippen LogP) is 3.35. The number of nitrogens with one attached hydrogen (secondary N) is 1. The normalized spacial score (nSPS) is 10.4. The van der Waals surface area contributed by atoms with Gasteiger partial charge in [0.25, 0.3) is 5.91 Å². The summed E-state index contributed by atoms with van der Waals surface area (Å²) in [7, 11) is 0. The van der Waals surface area contributed by atoms with Crippen LogP contribution >= 0.6 is 0 Å². The molecule has 0 aliphatic carbocycles. The van der Waals surface area contributed by atoms with Crippen molar-refractivity contribution in [1.82, 2.24) is 9.55 Å². The van der Waals surface area contributed by atoms with E-state index in [1.54, 1.807) is 30.7 Å². The fourth-order valence-corrected chi connectivity index (χ4v) is 2.16. The second kappa shape index (κ2) is 7.41. The van der Waals surface area contributed by atoms with Gasteiger partial charge in [-0.2, -0.15) is 0 Å². The van der Waals surface area contributed by atoms with E-state index in [1.807, 2.05) is 16.8 Å². The van der Waals surface area contributed by atoms with Gasteiger partial charge in [-0.3, -0.25) is 4.79 Å². The molecule has 6 heteroatoms. The lowest BCUT2D eigenvalue weighted by molar-refractivity contribution is 0.102. The zero-order valence-corrected chi connectivity index (χ0v) is 12.9. The lowest BCUT2D eigenvalue weighted by atomic mass is 10.2. The van der Waals surface area contributed by atoms with Gasteiger partial charge >= 0.3 is 0 Å². The summed E-state index contributed by atoms with van der Waals surface area (Å²) < 4.78 is 20.5. The van der Waals surface area contributed by atoms with Crippen molar-refractivity contribution in [2.45, 2.75) is 6.54 Å². The highest BCUT2D eigenvalue weighted by atomic mass is 19.1. The molecule has 1 aromatic heterocycles. The molecule has 1 N–H and O–H groups in total. The van der Waals surface area contributed by atoms with Crippen molar-refractivity contribution in [2.75, 3.05) is 11.9 Å². The van der Waals surface area contributed by atoms with Crippen LogP contribution in [0.2, 0.25) is 0 Å². The second-order valence-electron chi connectivity index (χ2n) is 5.14. The molecule has 0 aliphatic rings. The fraction of sp³-hybridized carbons (Fsp3) is 0.111. The van der Waals surface area contributed by atoms with Gasteiger partial charge in [-0.05, 0) is 36.4 Å². The Labute approximate surface area is 138 Å². The minimum atomic E-state index is -0.375. The second-order valence-corrected chi connectivity index (χ2v) is 5.14. The highest BCUT2D eigenvalue weighted by molar-refractivity contribution is 6.04. The number of imidazole rings is 1. The molecule has 1 heterocycles. The standard InChI is InChI=1S/C18H16FN3O2/c19-15-6-4-14(5-7-15)18(23)21-16-2-1-3-17(12-16)24-11-10-22-9-8-20-13-22/h1-9,12-13H,10-11H2,(H,21,23). The summed E-state index contributed by atoms with van der Waals surface area (Å²) >= 11 is 0. The Morgan fingerprint density at radius 2 is 2.04 bits per heavy atom. The average Bonchev–Trinajstić information content (AvgIpc) is 3.09. The van der Waals surface area contributed by atoms with Crippen molar-refractivity contribution in [3.05, 3.63) is 78.6 Å². The molecule has 0 spiro atoms. The molecule has 0 unspecified atom stereocenters. The van der Waals surface area contributed by atoms with Gasteiger partial charge in [0.2, 0.25) is 0 Å². The SMILES string of the molecule is O=C(Nc1cccc(OCCn2ccnc2)c1)c1ccc(F)cc1. The molecule has 0 bridgehead atoms. The largest absolute Gasteiger partial charge is 0.492 e. The molecule has 2 aromatic carbocycles. The number of benzene rings is 2. The zero-order chi connectivity index (χ0) is 16.8. The van der Waals surface area contributed by atoms with Crippen LogP contribution in [0.5, 0.6) is 5.75 Å². The maximum atomic E-state index is 12.9. The molecule has 0 atom stereocenters. The number of rotatable bonds is 6. The minimum absolute atomic E-state index is 0.300. The van der Waals surface area contributed by atoms with E-state index in [0.717, 1.165) is 0 Å². The summed E-state index contributed by atoms with van der Waals surface area (Å²) in [5, 5.41) is 2.77. The smallest absolute Gasteiger partial charge is 0.255 e. The third-order valence-electron chi connectivity index (χ3n) is 3.38. The van der Waals surface area contributed by atoms with Gasteiger partial charge in [0, 0.05) is 29.7 Å². The number of amides is 1. The van der Waals surface area contributed by atoms with Crippen LogP contribution in [0.1, 0.15) is 10.4 Å². The molecular weight excluding hydrogens is 309 g/mol. The van der Waals surface area contributed by atoms with Gasteiger partial charge in [-0.15, -0.1) is 0 Å². The molecule has 122 valence electrons. The molecule has 0 saturated carbocycles. The number of hydrogen-bond donors (Lipinski definition) is 1. The number of aromatic nitrogens is 2. The number of carbonyl (C=O) groups excluding carboxylic acids is 1. The van der Waals surface area contributed by atoms with Gasteiger partial charge < -0.3 is 14.6 Å². The summed E-state index contributed by atoms with van der Waals surface area (Å²) in [6.45, 7) is 1.18. The van der Waals surface area contributed by atoms with Crippen LogP contribution in [0.4, 0.5) is 10.1 Å². The first-order chi connectivity index (χ1) is 11.7. The van der Waals surface area contributed by atoms with E-state index in [1.165, 1.54) is 24.3 Å². The van der Waals surface area contributed by atoms with Crippen molar-refractivity contribution >= 4 is 11.6 Å². The number of carbonyl (C=O) groups is 1. The van der Waals surface area contributed by atoms with Crippen LogP contribution in [0, 0.1) is 5.82 Å². The van der Waals surface area contributed by atoms with Crippen molar-refractivity contribution < 1.29 is 13.9 Å². The summed E-state index contributed by atoms with van der Waals surface area (Å²) in [4.78, 5) is 16.1. The van der Waals surface area contributed by atoms with Gasteiger partial charge in [0.15, 0.2) is 0 Å². The van der Waals surface area contributed by atoms with Crippen LogP contribution in [0.3, 0.4) is 0 Å². The van der Waals surface area contributed by atoms with E-state index >= 15 is 0 Å². The van der Waals surface area contributed by atoms with Crippen molar-refractivity contribution in [1.29, 1.82) is 0 Å². The van der Waals surface area contributed by atoms with Crippen molar-refractivity contribution in [3.8, 4) is 5.75 Å². The predicted molar refractivity (Wildman–Crippen MR) is 88.5 cm³/mol. The Kier molecular flexibility index (Phi) is 4.86. The summed E-state index contributed by atoms with van der Waals surface area (Å²) in [5.74, 6) is -0.0163. The zero-order valence-electron chi connectivity index (χ0n) is 12.9. The van der Waals surface area contributed by atoms with Crippen LogP contribution in [-0.2, 0) is 6.54 Å². The third kappa shape index (κ3) is 4.19. The number of nitrogens with zero attached hydrogens (tertiary/aromatic N) is 2. The number of hydrogen-bond acceptors (Lipinski definition) is 3. The minimum Gasteiger partial charge on any atom is -0.492 e. The monoisotopic (exact) mass is 325 g/mol. The Balaban J connectivity index is 1.58. The average molecular weight is 325 g/mol. The lowest BCUT2D eigenvalue weighted by Crippen LogP contribution is -2.12. The lowest BCUT2D eigenvalue weighted by Gasteiger charge is -2.09. The van der Waals surface area contributed by atoms with Crippen LogP contribution < -0.4 is 10.1 Å². The van der Waals surface area contributed by atoms with Gasteiger partial charge in [-0.1, -0.05) is 6.07 Å². The topological polar surface area (TPSA) is 56.1 Å². The number of halogens is 1. The first kappa shape index (κ1) is 15.7. The number of anilines is 1. The van der Waals surface area contributed by atoms with Gasteiger partial charge in [0.1, 0.15) is 18.2 Å². The quantitative estimate of drug-likeness (QED) is 0.756. The molecule has 0 saturated heterocycles. The Morgan fingerprint density at radius 1 is 1.21 bits per heavy atom. The van der Waals surface area contributed by atoms with Crippen LogP contribution in [0.25, 0.3) is 0 Å². The Morgan fingerprint density at radius 3 is 2.79 bits per heavy atom. The summed E-state index contributed by atoms with van der Waals surface area (Å²) in [6, 6.07) is 12.5. The molecule has 3 aromatic rings. The molecule has 3 rings (SSSR count). The van der Waals surface area contributed by atoms with E-state index in [4.69, 9.17) is 4.74 Å². The van der Waals surface area contributed by atoms with Crippen LogP contribution in [-0.4, -0.2) is 22.1 Å². The Bertz CT molecular complexity index is 801. The van der Waals surface area contributed by atoms with E-state index in [9.17, 15) is 9.18 Å². The molecule has 0 aliphatic heterocycles. The summed E-state index contributed by atoms with van der Waals surface area (Å²) in [6.07, 6.45) is 5.30. The van der Waals surface area contributed by atoms with Crippen LogP contribution in [0.15, 0.2) is 67.3 Å². The highest BCUT2D eigenvalue weighted by Crippen LogP contribution is 2.18. The first-order valence-corrected chi connectivity index (χ1v) is 7.46. The molecule has 0 radical (unpaired) electrons. The van der Waals surface area contributed by atoms with E-state index in [2.05, 4.69) is 10.3 Å². The Hall–Kier alpha value is -3.15. The van der Waals surface area contributed by atoms with Gasteiger partial charge in [0.05, 0.1) is 12.9 Å². The molecule has 1 amide bonds.